The highest BCUT2D eigenvalue weighted by Gasteiger charge is 2.31. The standard InChI is InChI=1S/C20H30N4O4/c1-17(11-20(2,3)12-22-14-26)19(24-16-28)18(23-15-27)9-7-5-4-6-8-10-21-13-25/h17-19H,4-12H2,1-3H3. The molecule has 0 saturated heterocycles. The maximum absolute atomic E-state index is 10.9. The molecule has 8 heteroatoms. The molecule has 0 rings (SSSR count). The second-order valence-electron chi connectivity index (χ2n) is 7.78. The molecule has 0 amide bonds. The summed E-state index contributed by atoms with van der Waals surface area (Å²) in [5.74, 6) is -0.0541. The molecule has 0 aliphatic rings. The molecule has 0 heterocycles. The zero-order chi connectivity index (χ0) is 21.3. The van der Waals surface area contributed by atoms with Crippen LogP contribution in [0.25, 0.3) is 0 Å². The summed E-state index contributed by atoms with van der Waals surface area (Å²) in [6.45, 7) is 6.71. The van der Waals surface area contributed by atoms with Crippen LogP contribution in [0.1, 0.15) is 65.7 Å². The fraction of sp³-hybridized carbons (Fsp3) is 0.800. The zero-order valence-electron chi connectivity index (χ0n) is 17.0. The summed E-state index contributed by atoms with van der Waals surface area (Å²) in [4.78, 5) is 57.2. The average Bonchev–Trinajstić information content (AvgIpc) is 2.65. The third-order valence-corrected chi connectivity index (χ3v) is 4.68. The van der Waals surface area contributed by atoms with Gasteiger partial charge in [-0.1, -0.05) is 46.5 Å². The number of rotatable bonds is 16. The van der Waals surface area contributed by atoms with E-state index in [0.717, 1.165) is 32.1 Å². The number of hydrogen-bond donors (Lipinski definition) is 0. The topological polar surface area (TPSA) is 118 Å². The third-order valence-electron chi connectivity index (χ3n) is 4.68. The molecule has 154 valence electrons. The molecule has 3 unspecified atom stereocenters. The summed E-state index contributed by atoms with van der Waals surface area (Å²) in [5.41, 5.74) is -0.271. The minimum absolute atomic E-state index is 0.0541. The van der Waals surface area contributed by atoms with E-state index in [1.54, 1.807) is 18.2 Å². The van der Waals surface area contributed by atoms with Crippen molar-refractivity contribution in [3.05, 3.63) is 0 Å². The lowest BCUT2D eigenvalue weighted by molar-refractivity contribution is 0.243. The Bertz CT molecular complexity index is 639. The molecule has 8 nitrogen and oxygen atoms in total. The molecular weight excluding hydrogens is 360 g/mol. The molecule has 0 aromatic rings. The summed E-state index contributed by atoms with van der Waals surface area (Å²) < 4.78 is 0. The first kappa shape index (κ1) is 25.5. The van der Waals surface area contributed by atoms with Crippen LogP contribution in [-0.4, -0.2) is 49.5 Å². The van der Waals surface area contributed by atoms with E-state index < -0.39 is 12.1 Å². The molecule has 0 saturated carbocycles. The van der Waals surface area contributed by atoms with E-state index in [0.29, 0.717) is 25.9 Å². The minimum Gasteiger partial charge on any atom is -0.211 e. The quantitative estimate of drug-likeness (QED) is 0.228. The highest BCUT2D eigenvalue weighted by atomic mass is 16.1. The van der Waals surface area contributed by atoms with Crippen LogP contribution in [0.15, 0.2) is 20.0 Å². The SMILES string of the molecule is CC(CC(C)(C)CN=C=O)C(N=C=O)C(CCCCCCCN=C=O)N=C=O. The summed E-state index contributed by atoms with van der Waals surface area (Å²) in [5, 5.41) is 0. The maximum Gasteiger partial charge on any atom is 0.235 e. The lowest BCUT2D eigenvalue weighted by Crippen LogP contribution is -2.33. The van der Waals surface area contributed by atoms with Gasteiger partial charge < -0.3 is 0 Å². The van der Waals surface area contributed by atoms with Gasteiger partial charge in [0.2, 0.25) is 24.3 Å². The van der Waals surface area contributed by atoms with E-state index in [1.807, 2.05) is 20.8 Å². The van der Waals surface area contributed by atoms with Crippen LogP contribution in [0.3, 0.4) is 0 Å². The Hall–Kier alpha value is -2.48. The first-order valence-corrected chi connectivity index (χ1v) is 9.63. The smallest absolute Gasteiger partial charge is 0.211 e. The predicted molar refractivity (Wildman–Crippen MR) is 105 cm³/mol. The van der Waals surface area contributed by atoms with Gasteiger partial charge in [0, 0.05) is 0 Å². The fourth-order valence-electron chi connectivity index (χ4n) is 3.46. The number of carbonyl (C=O) groups excluding carboxylic acids is 4. The highest BCUT2D eigenvalue weighted by molar-refractivity contribution is 5.36. The lowest BCUT2D eigenvalue weighted by atomic mass is 9.78. The lowest BCUT2D eigenvalue weighted by Gasteiger charge is -2.30. The van der Waals surface area contributed by atoms with Crippen LogP contribution in [0.5, 0.6) is 0 Å². The molecule has 0 spiro atoms. The third kappa shape index (κ3) is 12.0. The molecular formula is C20H30N4O4. The van der Waals surface area contributed by atoms with Gasteiger partial charge in [0.15, 0.2) is 0 Å². The fourth-order valence-corrected chi connectivity index (χ4v) is 3.46. The van der Waals surface area contributed by atoms with Crippen molar-refractivity contribution >= 4 is 24.3 Å². The number of isocyanates is 4. The van der Waals surface area contributed by atoms with E-state index in [9.17, 15) is 19.2 Å². The van der Waals surface area contributed by atoms with Crippen molar-refractivity contribution in [2.24, 2.45) is 31.3 Å². The zero-order valence-corrected chi connectivity index (χ0v) is 17.0. The monoisotopic (exact) mass is 390 g/mol. The van der Waals surface area contributed by atoms with E-state index in [-0.39, 0.29) is 11.3 Å². The highest BCUT2D eigenvalue weighted by Crippen LogP contribution is 2.31. The van der Waals surface area contributed by atoms with Crippen LogP contribution in [0.2, 0.25) is 0 Å². The van der Waals surface area contributed by atoms with Crippen LogP contribution in [-0.2, 0) is 19.2 Å². The van der Waals surface area contributed by atoms with Gasteiger partial charge in [0.25, 0.3) is 0 Å². The van der Waals surface area contributed by atoms with Gasteiger partial charge in [-0.05, 0) is 30.6 Å². The van der Waals surface area contributed by atoms with Gasteiger partial charge in [0.1, 0.15) is 0 Å². The number of hydrogen-bond acceptors (Lipinski definition) is 8. The molecule has 0 aromatic heterocycles. The Balaban J connectivity index is 4.79. The number of aliphatic imine (C=N–C) groups is 4. The Morgan fingerprint density at radius 1 is 0.786 bits per heavy atom. The van der Waals surface area contributed by atoms with E-state index >= 15 is 0 Å². The molecule has 3 atom stereocenters. The molecule has 0 aliphatic carbocycles. The van der Waals surface area contributed by atoms with Gasteiger partial charge in [-0.2, -0.15) is 4.99 Å². The van der Waals surface area contributed by atoms with Crippen molar-refractivity contribution in [2.45, 2.75) is 77.8 Å². The molecule has 28 heavy (non-hydrogen) atoms. The maximum atomic E-state index is 10.9. The van der Waals surface area contributed by atoms with Crippen molar-refractivity contribution < 1.29 is 19.2 Å². The first-order chi connectivity index (χ1) is 13.4. The Kier molecular flexibility index (Phi) is 14.2. The Morgan fingerprint density at radius 3 is 2.00 bits per heavy atom. The largest absolute Gasteiger partial charge is 0.235 e. The van der Waals surface area contributed by atoms with Gasteiger partial charge in [0.05, 0.1) is 25.2 Å². The molecule has 0 fully saturated rings. The van der Waals surface area contributed by atoms with Gasteiger partial charge in [-0.25, -0.2) is 34.2 Å². The van der Waals surface area contributed by atoms with Crippen molar-refractivity contribution in [1.82, 2.24) is 0 Å². The van der Waals surface area contributed by atoms with E-state index in [2.05, 4.69) is 20.0 Å². The van der Waals surface area contributed by atoms with Crippen LogP contribution >= 0.6 is 0 Å². The van der Waals surface area contributed by atoms with Crippen LogP contribution in [0.4, 0.5) is 0 Å². The second-order valence-corrected chi connectivity index (χ2v) is 7.78. The average molecular weight is 390 g/mol. The molecule has 0 bridgehead atoms. The Morgan fingerprint density at radius 2 is 1.39 bits per heavy atom. The Labute approximate surface area is 166 Å². The van der Waals surface area contributed by atoms with Gasteiger partial charge in [-0.15, -0.1) is 0 Å². The minimum atomic E-state index is -0.472. The summed E-state index contributed by atoms with van der Waals surface area (Å²) >= 11 is 0. The molecule has 0 aliphatic heterocycles. The van der Waals surface area contributed by atoms with Crippen LogP contribution < -0.4 is 0 Å². The number of unbranched alkanes of at least 4 members (excludes halogenated alkanes) is 4. The van der Waals surface area contributed by atoms with Crippen molar-refractivity contribution in [1.29, 1.82) is 0 Å². The molecule has 0 radical (unpaired) electrons. The number of nitrogens with zero attached hydrogens (tertiary/aromatic N) is 4. The summed E-state index contributed by atoms with van der Waals surface area (Å²) in [7, 11) is 0. The van der Waals surface area contributed by atoms with Crippen molar-refractivity contribution in [3.63, 3.8) is 0 Å². The van der Waals surface area contributed by atoms with Crippen LogP contribution in [0, 0.1) is 11.3 Å². The van der Waals surface area contributed by atoms with E-state index in [1.165, 1.54) is 6.08 Å². The first-order valence-electron chi connectivity index (χ1n) is 9.63. The van der Waals surface area contributed by atoms with E-state index in [4.69, 9.17) is 0 Å². The normalized spacial score (nSPS) is 13.7. The summed E-state index contributed by atoms with van der Waals surface area (Å²) in [6, 6.07) is -0.903. The molecule has 0 aromatic carbocycles. The predicted octanol–water partition coefficient (Wildman–Crippen LogP) is 3.46. The van der Waals surface area contributed by atoms with Gasteiger partial charge >= 0.3 is 0 Å². The molecule has 0 N–H and O–H groups in total. The second kappa shape index (κ2) is 15.6. The van der Waals surface area contributed by atoms with Crippen molar-refractivity contribution in [3.8, 4) is 0 Å². The summed E-state index contributed by atoms with van der Waals surface area (Å²) in [6.07, 6.45) is 12.1. The van der Waals surface area contributed by atoms with Gasteiger partial charge in [-0.3, -0.25) is 0 Å². The van der Waals surface area contributed by atoms with Crippen molar-refractivity contribution in [2.75, 3.05) is 13.1 Å².